The van der Waals surface area contributed by atoms with Gasteiger partial charge in [-0.3, -0.25) is 4.90 Å². The highest BCUT2D eigenvalue weighted by atomic mass is 16.6. The number of ether oxygens (including phenoxy) is 2. The first kappa shape index (κ1) is 23.2. The van der Waals surface area contributed by atoms with Crippen LogP contribution in [0.1, 0.15) is 93.4 Å². The van der Waals surface area contributed by atoms with Crippen molar-refractivity contribution in [2.75, 3.05) is 0 Å². The Morgan fingerprint density at radius 1 is 1.21 bits per heavy atom. The molecule has 2 aliphatic rings. The van der Waals surface area contributed by atoms with Gasteiger partial charge in [-0.2, -0.15) is 0 Å². The largest absolute Gasteiger partial charge is 0.444 e. The molecule has 0 spiro atoms. The van der Waals surface area contributed by atoms with E-state index in [-0.39, 0.29) is 30.1 Å². The summed E-state index contributed by atoms with van der Waals surface area (Å²) < 4.78 is 12.1. The van der Waals surface area contributed by atoms with Crippen LogP contribution >= 0.6 is 0 Å². The Bertz CT molecular complexity index is 531. The first-order valence-corrected chi connectivity index (χ1v) is 11.1. The Morgan fingerprint density at radius 3 is 2.32 bits per heavy atom. The molecule has 1 amide bonds. The molecule has 0 aromatic carbocycles. The van der Waals surface area contributed by atoms with Crippen LogP contribution in [0.15, 0.2) is 0 Å². The first-order chi connectivity index (χ1) is 12.9. The molecule has 0 aromatic heterocycles. The summed E-state index contributed by atoms with van der Waals surface area (Å²) in [7, 11) is 0. The molecular weight excluding hydrogens is 354 g/mol. The predicted molar refractivity (Wildman–Crippen MR) is 111 cm³/mol. The molecule has 1 heterocycles. The summed E-state index contributed by atoms with van der Waals surface area (Å²) in [4.78, 5) is 26.6. The maximum Gasteiger partial charge on any atom is 0.412 e. The van der Waals surface area contributed by atoms with Crippen LogP contribution in [0.3, 0.4) is 0 Å². The summed E-state index contributed by atoms with van der Waals surface area (Å²) in [5.41, 5.74) is -1.29. The minimum absolute atomic E-state index is 0.0471. The summed E-state index contributed by atoms with van der Waals surface area (Å²) >= 11 is 0. The van der Waals surface area contributed by atoms with E-state index in [9.17, 15) is 9.59 Å². The average Bonchev–Trinajstić information content (AvgIpc) is 2.81. The zero-order valence-electron chi connectivity index (χ0n) is 19.0. The zero-order chi connectivity index (χ0) is 21.1. The predicted octanol–water partition coefficient (Wildman–Crippen LogP) is 5.56. The maximum atomic E-state index is 13.1. The lowest BCUT2D eigenvalue weighted by Gasteiger charge is -2.37. The molecule has 162 valence electrons. The highest BCUT2D eigenvalue weighted by Gasteiger charge is 2.52. The first-order valence-electron chi connectivity index (χ1n) is 11.1. The average molecular weight is 396 g/mol. The molecule has 0 N–H and O–H groups in total. The van der Waals surface area contributed by atoms with Crippen molar-refractivity contribution in [1.29, 1.82) is 0 Å². The number of hydrogen-bond acceptors (Lipinski definition) is 4. The van der Waals surface area contributed by atoms with Gasteiger partial charge in [0, 0.05) is 5.92 Å². The number of carbonyl (C=O) groups excluding carboxylic acids is 2. The van der Waals surface area contributed by atoms with Gasteiger partial charge in [0.2, 0.25) is 0 Å². The van der Waals surface area contributed by atoms with Crippen LogP contribution in [-0.4, -0.2) is 40.8 Å². The zero-order valence-corrected chi connectivity index (χ0v) is 19.0. The van der Waals surface area contributed by atoms with Gasteiger partial charge >= 0.3 is 6.09 Å². The molecule has 1 saturated carbocycles. The summed E-state index contributed by atoms with van der Waals surface area (Å²) in [5, 5.41) is 0. The van der Waals surface area contributed by atoms with Gasteiger partial charge in [0.25, 0.3) is 0 Å². The van der Waals surface area contributed by atoms with Gasteiger partial charge in [0.15, 0.2) is 0 Å². The van der Waals surface area contributed by atoms with E-state index in [1.165, 1.54) is 32.1 Å². The van der Waals surface area contributed by atoms with Gasteiger partial charge in [-0.15, -0.1) is 0 Å². The van der Waals surface area contributed by atoms with Gasteiger partial charge in [-0.05, 0) is 59.3 Å². The lowest BCUT2D eigenvalue weighted by atomic mass is 9.81. The standard InChI is InChI=1S/C23H41NO4/c1-16(2)18(15-25)14-20-19(13-17-11-9-8-10-12-17)24(23(6,7)27-20)21(26)28-22(3,4)5/h15-20H,8-14H2,1-7H3/t18-,19+,20+/m1/s1. The Labute approximate surface area is 171 Å². The second kappa shape index (κ2) is 9.15. The van der Waals surface area contributed by atoms with Crippen molar-refractivity contribution in [1.82, 2.24) is 4.90 Å². The molecule has 2 fully saturated rings. The normalized spacial score (nSPS) is 27.1. The van der Waals surface area contributed by atoms with Crippen molar-refractivity contribution in [2.45, 2.75) is 117 Å². The maximum absolute atomic E-state index is 13.1. The fraction of sp³-hybridized carbons (Fsp3) is 0.913. The van der Waals surface area contributed by atoms with Crippen LogP contribution < -0.4 is 0 Å². The lowest BCUT2D eigenvalue weighted by Crippen LogP contribution is -2.51. The summed E-state index contributed by atoms with van der Waals surface area (Å²) in [6.07, 6.45) is 8.45. The number of rotatable bonds is 6. The minimum Gasteiger partial charge on any atom is -0.444 e. The number of hydrogen-bond donors (Lipinski definition) is 0. The summed E-state index contributed by atoms with van der Waals surface area (Å²) in [6.45, 7) is 13.7. The summed E-state index contributed by atoms with van der Waals surface area (Å²) in [6, 6.07) is -0.0471. The fourth-order valence-electron chi connectivity index (χ4n) is 4.72. The monoisotopic (exact) mass is 395 g/mol. The van der Waals surface area contributed by atoms with Gasteiger partial charge < -0.3 is 14.3 Å². The van der Waals surface area contributed by atoms with Gasteiger partial charge in [-0.25, -0.2) is 4.79 Å². The molecular formula is C23H41NO4. The quantitative estimate of drug-likeness (QED) is 0.553. The van der Waals surface area contributed by atoms with Gasteiger partial charge in [-0.1, -0.05) is 46.0 Å². The van der Waals surface area contributed by atoms with Crippen LogP contribution in [-0.2, 0) is 14.3 Å². The third-order valence-corrected chi connectivity index (χ3v) is 6.21. The van der Waals surface area contributed by atoms with E-state index in [0.29, 0.717) is 12.3 Å². The van der Waals surface area contributed by atoms with Crippen molar-refractivity contribution in [3.63, 3.8) is 0 Å². The molecule has 1 saturated heterocycles. The van der Waals surface area contributed by atoms with E-state index < -0.39 is 11.3 Å². The van der Waals surface area contributed by atoms with Crippen LogP contribution in [0, 0.1) is 17.8 Å². The molecule has 2 rings (SSSR count). The van der Waals surface area contributed by atoms with Crippen molar-refractivity contribution in [3.8, 4) is 0 Å². The molecule has 0 aromatic rings. The van der Waals surface area contributed by atoms with Crippen LogP contribution in [0.4, 0.5) is 4.79 Å². The van der Waals surface area contributed by atoms with E-state index in [1.807, 2.05) is 39.5 Å². The molecule has 28 heavy (non-hydrogen) atoms. The second-order valence-corrected chi connectivity index (χ2v) is 10.5. The Kier molecular flexibility index (Phi) is 7.57. The molecule has 5 nitrogen and oxygen atoms in total. The number of aldehydes is 1. The van der Waals surface area contributed by atoms with E-state index in [2.05, 4.69) is 13.8 Å². The van der Waals surface area contributed by atoms with Crippen molar-refractivity contribution >= 4 is 12.4 Å². The van der Waals surface area contributed by atoms with Gasteiger partial charge in [0.05, 0.1) is 12.1 Å². The molecule has 5 heteroatoms. The van der Waals surface area contributed by atoms with E-state index >= 15 is 0 Å². The van der Waals surface area contributed by atoms with Gasteiger partial charge in [0.1, 0.15) is 17.6 Å². The SMILES string of the molecule is CC(C)[C@@H](C=O)C[C@@H]1OC(C)(C)N(C(=O)OC(C)(C)C)[C@H]1CC1CCCCC1. The summed E-state index contributed by atoms with van der Waals surface area (Å²) in [5.74, 6) is 0.806. The van der Waals surface area contributed by atoms with Crippen LogP contribution in [0.2, 0.25) is 0 Å². The van der Waals surface area contributed by atoms with Crippen molar-refractivity contribution in [2.24, 2.45) is 17.8 Å². The number of nitrogens with zero attached hydrogens (tertiary/aromatic N) is 1. The van der Waals surface area contributed by atoms with E-state index in [1.54, 1.807) is 0 Å². The van der Waals surface area contributed by atoms with E-state index in [0.717, 1.165) is 12.7 Å². The number of carbonyl (C=O) groups is 2. The Balaban J connectivity index is 2.27. The third kappa shape index (κ3) is 5.95. The van der Waals surface area contributed by atoms with Crippen LogP contribution in [0.5, 0.6) is 0 Å². The second-order valence-electron chi connectivity index (χ2n) is 10.5. The molecule has 1 aliphatic carbocycles. The highest BCUT2D eigenvalue weighted by molar-refractivity contribution is 5.70. The van der Waals surface area contributed by atoms with E-state index in [4.69, 9.17) is 9.47 Å². The van der Waals surface area contributed by atoms with Crippen molar-refractivity contribution < 1.29 is 19.1 Å². The molecule has 0 bridgehead atoms. The molecule has 3 atom stereocenters. The van der Waals surface area contributed by atoms with Crippen LogP contribution in [0.25, 0.3) is 0 Å². The lowest BCUT2D eigenvalue weighted by molar-refractivity contribution is -0.115. The molecule has 0 unspecified atom stereocenters. The highest BCUT2D eigenvalue weighted by Crippen LogP contribution is 2.41. The number of amides is 1. The molecule has 1 aliphatic heterocycles. The third-order valence-electron chi connectivity index (χ3n) is 6.21. The fourth-order valence-corrected chi connectivity index (χ4v) is 4.72. The topological polar surface area (TPSA) is 55.8 Å². The molecule has 0 radical (unpaired) electrons. The smallest absolute Gasteiger partial charge is 0.412 e. The Hall–Kier alpha value is -1.10. The van der Waals surface area contributed by atoms with Crippen molar-refractivity contribution in [3.05, 3.63) is 0 Å². The Morgan fingerprint density at radius 2 is 1.82 bits per heavy atom. The minimum atomic E-state index is -0.739.